The minimum absolute atomic E-state index is 0.0871. The second-order valence-electron chi connectivity index (χ2n) is 5.06. The summed E-state index contributed by atoms with van der Waals surface area (Å²) in [7, 11) is 0. The zero-order chi connectivity index (χ0) is 14.7. The van der Waals surface area contributed by atoms with Gasteiger partial charge in [0.15, 0.2) is 0 Å². The monoisotopic (exact) mass is 289 g/mol. The Morgan fingerprint density at radius 1 is 1.05 bits per heavy atom. The Bertz CT molecular complexity index is 569. The van der Waals surface area contributed by atoms with Crippen LogP contribution in [0.1, 0.15) is 36.1 Å². The lowest BCUT2D eigenvalue weighted by Crippen LogP contribution is -2.08. The van der Waals surface area contributed by atoms with E-state index < -0.39 is 0 Å². The molecular weight excluding hydrogens is 270 g/mol. The van der Waals surface area contributed by atoms with Crippen LogP contribution in [0.25, 0.3) is 0 Å². The average molecular weight is 290 g/mol. The Kier molecular flexibility index (Phi) is 4.69. The maximum absolute atomic E-state index is 6.15. The molecule has 106 valence electrons. The number of halogens is 1. The molecule has 0 fully saturated rings. The third kappa shape index (κ3) is 3.33. The number of ether oxygens (including phenoxy) is 1. The summed E-state index contributed by atoms with van der Waals surface area (Å²) >= 11 is 6.15. The van der Waals surface area contributed by atoms with E-state index in [2.05, 4.69) is 6.92 Å². The Labute approximate surface area is 125 Å². The van der Waals surface area contributed by atoms with Crippen LogP contribution in [0.3, 0.4) is 0 Å². The number of nitrogens with two attached hydrogens (primary N) is 1. The summed E-state index contributed by atoms with van der Waals surface area (Å²) in [6.07, 6.45) is 0.926. The molecule has 0 amide bonds. The maximum Gasteiger partial charge on any atom is 0.128 e. The van der Waals surface area contributed by atoms with Gasteiger partial charge in [-0.05, 0) is 61.2 Å². The van der Waals surface area contributed by atoms with Crippen molar-refractivity contribution in [1.82, 2.24) is 0 Å². The fraction of sp³-hybridized carbons (Fsp3) is 0.294. The molecule has 0 aliphatic rings. The zero-order valence-corrected chi connectivity index (χ0v) is 12.9. The van der Waals surface area contributed by atoms with E-state index >= 15 is 0 Å². The molecule has 2 aromatic carbocycles. The molecule has 0 bridgehead atoms. The highest BCUT2D eigenvalue weighted by atomic mass is 35.5. The lowest BCUT2D eigenvalue weighted by atomic mass is 10.1. The van der Waals surface area contributed by atoms with Crippen LogP contribution in [0.2, 0.25) is 5.02 Å². The predicted octanol–water partition coefficient (Wildman–Crippen LogP) is 5.16. The van der Waals surface area contributed by atoms with E-state index in [1.54, 1.807) is 0 Å². The van der Waals surface area contributed by atoms with Gasteiger partial charge >= 0.3 is 0 Å². The van der Waals surface area contributed by atoms with E-state index in [1.807, 2.05) is 50.2 Å². The van der Waals surface area contributed by atoms with Gasteiger partial charge in [-0.25, -0.2) is 0 Å². The van der Waals surface area contributed by atoms with Gasteiger partial charge in [0.2, 0.25) is 0 Å². The molecule has 3 heteroatoms. The summed E-state index contributed by atoms with van der Waals surface area (Å²) < 4.78 is 5.86. The highest BCUT2D eigenvalue weighted by molar-refractivity contribution is 6.32. The van der Waals surface area contributed by atoms with Gasteiger partial charge in [0.05, 0.1) is 0 Å². The molecule has 2 N–H and O–H groups in total. The van der Waals surface area contributed by atoms with Crippen LogP contribution < -0.4 is 10.5 Å². The molecular formula is C17H20ClNO. The van der Waals surface area contributed by atoms with Gasteiger partial charge in [-0.1, -0.05) is 30.7 Å². The van der Waals surface area contributed by atoms with Crippen LogP contribution in [0, 0.1) is 13.8 Å². The second kappa shape index (κ2) is 6.29. The van der Waals surface area contributed by atoms with Crippen molar-refractivity contribution in [3.8, 4) is 11.5 Å². The first-order valence-corrected chi connectivity index (χ1v) is 7.19. The van der Waals surface area contributed by atoms with Crippen molar-refractivity contribution in [2.45, 2.75) is 33.2 Å². The van der Waals surface area contributed by atoms with E-state index in [0.717, 1.165) is 39.6 Å². The van der Waals surface area contributed by atoms with E-state index in [0.29, 0.717) is 0 Å². The van der Waals surface area contributed by atoms with Gasteiger partial charge in [-0.3, -0.25) is 0 Å². The predicted molar refractivity (Wildman–Crippen MR) is 84.7 cm³/mol. The Balaban J connectivity index is 2.18. The van der Waals surface area contributed by atoms with Crippen LogP contribution in [0.15, 0.2) is 36.4 Å². The highest BCUT2D eigenvalue weighted by Crippen LogP contribution is 2.29. The van der Waals surface area contributed by atoms with Gasteiger partial charge in [0, 0.05) is 11.1 Å². The summed E-state index contributed by atoms with van der Waals surface area (Å²) in [5.74, 6) is 1.61. The van der Waals surface area contributed by atoms with Crippen molar-refractivity contribution in [2.24, 2.45) is 5.73 Å². The molecule has 0 spiro atoms. The third-order valence-electron chi connectivity index (χ3n) is 3.39. The van der Waals surface area contributed by atoms with Gasteiger partial charge in [0.25, 0.3) is 0 Å². The molecule has 0 aromatic heterocycles. The minimum atomic E-state index is 0.0871. The second-order valence-corrected chi connectivity index (χ2v) is 5.43. The zero-order valence-electron chi connectivity index (χ0n) is 12.1. The fourth-order valence-electron chi connectivity index (χ4n) is 2.12. The summed E-state index contributed by atoms with van der Waals surface area (Å²) in [5, 5.41) is 0.793. The Hall–Kier alpha value is -1.51. The van der Waals surface area contributed by atoms with Crippen LogP contribution in [0.5, 0.6) is 11.5 Å². The summed E-state index contributed by atoms with van der Waals surface area (Å²) in [5.41, 5.74) is 9.17. The van der Waals surface area contributed by atoms with Crippen LogP contribution >= 0.6 is 11.6 Å². The SMILES string of the molecule is CC[C@H](N)c1ccc(Oc2cc(C)c(Cl)c(C)c2)cc1. The van der Waals surface area contributed by atoms with Gasteiger partial charge < -0.3 is 10.5 Å². The molecule has 1 atom stereocenters. The molecule has 0 saturated carbocycles. The van der Waals surface area contributed by atoms with Crippen LogP contribution in [-0.2, 0) is 0 Å². The first-order chi connectivity index (χ1) is 9.51. The van der Waals surface area contributed by atoms with Crippen molar-refractivity contribution in [1.29, 1.82) is 0 Å². The lowest BCUT2D eigenvalue weighted by Gasteiger charge is -2.12. The maximum atomic E-state index is 6.15. The summed E-state index contributed by atoms with van der Waals surface area (Å²) in [6.45, 7) is 6.03. The Morgan fingerprint density at radius 2 is 1.60 bits per heavy atom. The summed E-state index contributed by atoms with van der Waals surface area (Å²) in [4.78, 5) is 0. The smallest absolute Gasteiger partial charge is 0.128 e. The molecule has 0 saturated heterocycles. The van der Waals surface area contributed by atoms with Crippen molar-refractivity contribution in [3.63, 3.8) is 0 Å². The standard InChI is InChI=1S/C17H20ClNO/c1-4-16(19)13-5-7-14(8-6-13)20-15-9-11(2)17(18)12(3)10-15/h5-10,16H,4,19H2,1-3H3/t16-/m0/s1. The molecule has 0 heterocycles. The van der Waals surface area contributed by atoms with Gasteiger partial charge in [0.1, 0.15) is 11.5 Å². The molecule has 2 nitrogen and oxygen atoms in total. The number of rotatable bonds is 4. The number of hydrogen-bond donors (Lipinski definition) is 1. The number of hydrogen-bond acceptors (Lipinski definition) is 2. The van der Waals surface area contributed by atoms with Gasteiger partial charge in [-0.2, -0.15) is 0 Å². The fourth-order valence-corrected chi connectivity index (χ4v) is 2.23. The van der Waals surface area contributed by atoms with Gasteiger partial charge in [-0.15, -0.1) is 0 Å². The van der Waals surface area contributed by atoms with E-state index in [4.69, 9.17) is 22.1 Å². The van der Waals surface area contributed by atoms with E-state index in [9.17, 15) is 0 Å². The molecule has 0 aliphatic carbocycles. The topological polar surface area (TPSA) is 35.2 Å². The van der Waals surface area contributed by atoms with Crippen molar-refractivity contribution in [2.75, 3.05) is 0 Å². The molecule has 0 radical (unpaired) electrons. The molecule has 2 aromatic rings. The van der Waals surface area contributed by atoms with E-state index in [1.165, 1.54) is 0 Å². The largest absolute Gasteiger partial charge is 0.457 e. The van der Waals surface area contributed by atoms with Crippen LogP contribution in [0.4, 0.5) is 0 Å². The third-order valence-corrected chi connectivity index (χ3v) is 3.99. The average Bonchev–Trinajstić information content (AvgIpc) is 2.44. The highest BCUT2D eigenvalue weighted by Gasteiger charge is 2.06. The number of benzene rings is 2. The number of aryl methyl sites for hydroxylation is 2. The normalized spacial score (nSPS) is 12.2. The molecule has 20 heavy (non-hydrogen) atoms. The van der Waals surface area contributed by atoms with Crippen molar-refractivity contribution >= 4 is 11.6 Å². The van der Waals surface area contributed by atoms with Crippen molar-refractivity contribution in [3.05, 3.63) is 58.1 Å². The molecule has 0 unspecified atom stereocenters. The molecule has 2 rings (SSSR count). The minimum Gasteiger partial charge on any atom is -0.457 e. The van der Waals surface area contributed by atoms with Crippen LogP contribution in [-0.4, -0.2) is 0 Å². The van der Waals surface area contributed by atoms with Crippen molar-refractivity contribution < 1.29 is 4.74 Å². The first-order valence-electron chi connectivity index (χ1n) is 6.81. The quantitative estimate of drug-likeness (QED) is 0.844. The lowest BCUT2D eigenvalue weighted by molar-refractivity contribution is 0.481. The Morgan fingerprint density at radius 3 is 2.10 bits per heavy atom. The first kappa shape index (κ1) is 14.9. The summed E-state index contributed by atoms with van der Waals surface area (Å²) in [6, 6.07) is 11.9. The van der Waals surface area contributed by atoms with E-state index in [-0.39, 0.29) is 6.04 Å². The molecule has 0 aliphatic heterocycles.